The summed E-state index contributed by atoms with van der Waals surface area (Å²) in [5, 5.41) is 12.0. The molecule has 0 aliphatic carbocycles. The summed E-state index contributed by atoms with van der Waals surface area (Å²) in [6.07, 6.45) is -0.285. The van der Waals surface area contributed by atoms with Crippen LogP contribution in [0.25, 0.3) is 0 Å². The first-order valence-corrected chi connectivity index (χ1v) is 7.99. The zero-order valence-electron chi connectivity index (χ0n) is 13.6. The third kappa shape index (κ3) is 3.97. The molecule has 6 nitrogen and oxygen atoms in total. The summed E-state index contributed by atoms with van der Waals surface area (Å²) in [5.41, 5.74) is 0.159. The maximum Gasteiger partial charge on any atom is 0.306 e. The minimum atomic E-state index is -1.12. The van der Waals surface area contributed by atoms with Crippen LogP contribution < -0.4 is 10.1 Å². The summed E-state index contributed by atoms with van der Waals surface area (Å²) < 4.78 is 11.0. The van der Waals surface area contributed by atoms with Crippen LogP contribution in [0.5, 0.6) is 5.75 Å². The van der Waals surface area contributed by atoms with Gasteiger partial charge < -0.3 is 19.6 Å². The van der Waals surface area contributed by atoms with E-state index in [2.05, 4.69) is 21.2 Å². The molecule has 0 bridgehead atoms. The minimum Gasteiger partial charge on any atom is -0.497 e. The monoisotopic (exact) mass is 395 g/mol. The van der Waals surface area contributed by atoms with Crippen LogP contribution in [0.2, 0.25) is 0 Å². The van der Waals surface area contributed by atoms with Gasteiger partial charge in [0, 0.05) is 5.56 Å². The van der Waals surface area contributed by atoms with Crippen molar-refractivity contribution in [3.63, 3.8) is 0 Å². The molecule has 0 saturated heterocycles. The Kier molecular flexibility index (Phi) is 5.33. The van der Waals surface area contributed by atoms with E-state index < -0.39 is 17.4 Å². The Bertz CT molecular complexity index is 770. The van der Waals surface area contributed by atoms with Crippen molar-refractivity contribution in [3.05, 3.63) is 51.9 Å². The number of ether oxygens (including phenoxy) is 1. The van der Waals surface area contributed by atoms with Crippen molar-refractivity contribution < 1.29 is 23.8 Å². The molecule has 2 aromatic rings. The molecule has 2 N–H and O–H groups in total. The molecule has 1 atom stereocenters. The second-order valence-electron chi connectivity index (χ2n) is 5.65. The third-order valence-electron chi connectivity index (χ3n) is 3.70. The van der Waals surface area contributed by atoms with Gasteiger partial charge in [-0.05, 0) is 53.5 Å². The van der Waals surface area contributed by atoms with E-state index >= 15 is 0 Å². The van der Waals surface area contributed by atoms with Gasteiger partial charge in [0.25, 0.3) is 5.91 Å². The molecule has 0 fully saturated rings. The van der Waals surface area contributed by atoms with E-state index in [0.717, 1.165) is 0 Å². The van der Waals surface area contributed by atoms with Gasteiger partial charge in [-0.3, -0.25) is 9.59 Å². The van der Waals surface area contributed by atoms with Gasteiger partial charge in [0.1, 0.15) is 5.75 Å². The Hall–Kier alpha value is -2.28. The number of hydrogen-bond donors (Lipinski definition) is 2. The van der Waals surface area contributed by atoms with Crippen LogP contribution in [0.1, 0.15) is 35.0 Å². The summed E-state index contributed by atoms with van der Waals surface area (Å²) in [5.74, 6) is -0.792. The van der Waals surface area contributed by atoms with E-state index in [0.29, 0.717) is 21.5 Å². The van der Waals surface area contributed by atoms with Gasteiger partial charge in [-0.15, -0.1) is 0 Å². The highest BCUT2D eigenvalue weighted by molar-refractivity contribution is 9.10. The van der Waals surface area contributed by atoms with Crippen molar-refractivity contribution in [2.75, 3.05) is 7.11 Å². The van der Waals surface area contributed by atoms with Crippen LogP contribution >= 0.6 is 15.9 Å². The smallest absolute Gasteiger partial charge is 0.306 e. The molecule has 0 radical (unpaired) electrons. The minimum absolute atomic E-state index is 0.140. The van der Waals surface area contributed by atoms with Gasteiger partial charge >= 0.3 is 5.97 Å². The van der Waals surface area contributed by atoms with E-state index in [1.165, 1.54) is 7.11 Å². The maximum absolute atomic E-state index is 12.6. The fraction of sp³-hybridized carbons (Fsp3) is 0.294. The molecule has 0 spiro atoms. The zero-order valence-corrected chi connectivity index (χ0v) is 15.1. The number of carbonyl (C=O) groups is 2. The molecule has 7 heteroatoms. The summed E-state index contributed by atoms with van der Waals surface area (Å²) in [6, 6.07) is 8.62. The molecule has 1 amide bonds. The number of nitrogens with one attached hydrogen (secondary N) is 1. The SMILES string of the molecule is COc1cccc(C(C)(CC(=O)O)NC(=O)c2oc(Br)cc2C)c1. The summed E-state index contributed by atoms with van der Waals surface area (Å²) in [7, 11) is 1.52. The van der Waals surface area contributed by atoms with Crippen LogP contribution in [-0.2, 0) is 10.3 Å². The number of methoxy groups -OCH3 is 1. The number of furan rings is 1. The Morgan fingerprint density at radius 1 is 1.38 bits per heavy atom. The van der Waals surface area contributed by atoms with Gasteiger partial charge in [-0.1, -0.05) is 12.1 Å². The van der Waals surface area contributed by atoms with Gasteiger partial charge in [0.15, 0.2) is 10.4 Å². The molecule has 0 aliphatic heterocycles. The zero-order chi connectivity index (χ0) is 17.9. The highest BCUT2D eigenvalue weighted by Crippen LogP contribution is 2.29. The molecule has 24 heavy (non-hydrogen) atoms. The molecular weight excluding hydrogens is 378 g/mol. The molecule has 1 heterocycles. The number of aliphatic carboxylic acids is 1. The molecule has 0 saturated carbocycles. The lowest BCUT2D eigenvalue weighted by Gasteiger charge is -2.30. The van der Waals surface area contributed by atoms with Crippen LogP contribution in [0.4, 0.5) is 0 Å². The van der Waals surface area contributed by atoms with Gasteiger partial charge in [0.2, 0.25) is 0 Å². The average molecular weight is 396 g/mol. The number of halogens is 1. The fourth-order valence-corrected chi connectivity index (χ4v) is 2.97. The quantitative estimate of drug-likeness (QED) is 0.781. The molecule has 128 valence electrons. The Labute approximate surface area is 147 Å². The van der Waals surface area contributed by atoms with Gasteiger partial charge in [-0.2, -0.15) is 0 Å². The lowest BCUT2D eigenvalue weighted by atomic mass is 9.88. The predicted molar refractivity (Wildman–Crippen MR) is 91.2 cm³/mol. The molecule has 1 aromatic heterocycles. The van der Waals surface area contributed by atoms with Crippen molar-refractivity contribution >= 4 is 27.8 Å². The van der Waals surface area contributed by atoms with Crippen LogP contribution in [-0.4, -0.2) is 24.1 Å². The van der Waals surface area contributed by atoms with Crippen molar-refractivity contribution in [1.29, 1.82) is 0 Å². The fourth-order valence-electron chi connectivity index (χ4n) is 2.46. The van der Waals surface area contributed by atoms with E-state index in [9.17, 15) is 14.7 Å². The second-order valence-corrected chi connectivity index (χ2v) is 6.43. The first-order valence-electron chi connectivity index (χ1n) is 7.20. The van der Waals surface area contributed by atoms with Gasteiger partial charge in [0.05, 0.1) is 19.1 Å². The standard InChI is InChI=1S/C17H18BrNO5/c1-10-7-13(18)24-15(10)16(22)19-17(2,9-14(20)21)11-5-4-6-12(8-11)23-3/h4-8H,9H2,1-3H3,(H,19,22)(H,20,21). The lowest BCUT2D eigenvalue weighted by Crippen LogP contribution is -2.45. The van der Waals surface area contributed by atoms with Crippen molar-refractivity contribution in [1.82, 2.24) is 5.32 Å². The highest BCUT2D eigenvalue weighted by Gasteiger charge is 2.33. The number of carbonyl (C=O) groups excluding carboxylic acids is 1. The second kappa shape index (κ2) is 7.09. The van der Waals surface area contributed by atoms with Gasteiger partial charge in [-0.25, -0.2) is 0 Å². The Morgan fingerprint density at radius 3 is 2.62 bits per heavy atom. The van der Waals surface area contributed by atoms with E-state index in [1.54, 1.807) is 44.2 Å². The van der Waals surface area contributed by atoms with Crippen molar-refractivity contribution in [2.24, 2.45) is 0 Å². The lowest BCUT2D eigenvalue weighted by molar-refractivity contribution is -0.138. The number of hydrogen-bond acceptors (Lipinski definition) is 4. The number of aryl methyl sites for hydroxylation is 1. The summed E-state index contributed by atoms with van der Waals surface area (Å²) in [4.78, 5) is 23.9. The average Bonchev–Trinajstić information content (AvgIpc) is 2.85. The third-order valence-corrected chi connectivity index (χ3v) is 4.09. The number of rotatable bonds is 6. The van der Waals surface area contributed by atoms with Crippen molar-refractivity contribution in [3.8, 4) is 5.75 Å². The van der Waals surface area contributed by atoms with Crippen LogP contribution in [0, 0.1) is 6.92 Å². The van der Waals surface area contributed by atoms with E-state index in [-0.39, 0.29) is 12.2 Å². The number of carboxylic acid groups (broad SMARTS) is 1. The number of carboxylic acids is 1. The van der Waals surface area contributed by atoms with Crippen LogP contribution in [0.15, 0.2) is 39.4 Å². The normalized spacial score (nSPS) is 13.2. The highest BCUT2D eigenvalue weighted by atomic mass is 79.9. The largest absolute Gasteiger partial charge is 0.497 e. The summed E-state index contributed by atoms with van der Waals surface area (Å²) >= 11 is 3.18. The Balaban J connectivity index is 2.38. The maximum atomic E-state index is 12.6. The Morgan fingerprint density at radius 2 is 2.08 bits per heavy atom. The van der Waals surface area contributed by atoms with Crippen LogP contribution in [0.3, 0.4) is 0 Å². The first kappa shape index (κ1) is 18.1. The van der Waals surface area contributed by atoms with Crippen molar-refractivity contribution in [2.45, 2.75) is 25.8 Å². The van der Waals surface area contributed by atoms with E-state index in [1.807, 2.05) is 0 Å². The molecule has 2 rings (SSSR count). The summed E-state index contributed by atoms with van der Waals surface area (Å²) in [6.45, 7) is 3.39. The number of benzene rings is 1. The molecule has 0 aliphatic rings. The molecular formula is C17H18BrNO5. The first-order chi connectivity index (χ1) is 11.2. The predicted octanol–water partition coefficient (Wildman–Crippen LogP) is 3.48. The number of amides is 1. The van der Waals surface area contributed by atoms with E-state index in [4.69, 9.17) is 9.15 Å². The topological polar surface area (TPSA) is 88.8 Å². The molecule has 1 aromatic carbocycles. The molecule has 1 unspecified atom stereocenters.